The van der Waals surface area contributed by atoms with Crippen molar-refractivity contribution in [2.24, 2.45) is 0 Å². The minimum Gasteiger partial charge on any atom is -1.00 e. The second-order valence-corrected chi connectivity index (χ2v) is 14.5. The molecule has 3 aromatic rings. The van der Waals surface area contributed by atoms with Gasteiger partial charge in [0.15, 0.2) is 0 Å². The first-order chi connectivity index (χ1) is 23.7. The molecule has 16 heteroatoms. The van der Waals surface area contributed by atoms with Crippen LogP contribution in [0.15, 0.2) is 85.5 Å². The quantitative estimate of drug-likeness (QED) is 0.120. The minimum absolute atomic E-state index is 0. The number of benzene rings is 3. The standard InChI is InChI=1S/C36H44N5O8P.2Na.2H/c1-6-19-39-24-32(42)40-30(20-25-15-17-28(18-16-25)49-50(45,46)47)34(43)38(22-27-13-10-14-29(33(27)48-5)36(2,3)4)23-31(40)41(39)35(44)37-21-26-11-8-7-9-12-26;;;;/h6-18,30-31H,1,19-24H2,2-5H3,(H,37,44)(H2,45,46,47);;;;/q;2*+1;2*-1/t30-,31-;;;;/m0..../s1. The zero-order valence-corrected chi connectivity index (χ0v) is 35.6. The van der Waals surface area contributed by atoms with Crippen LogP contribution in [0.2, 0.25) is 0 Å². The maximum atomic E-state index is 14.5. The van der Waals surface area contributed by atoms with E-state index in [4.69, 9.17) is 4.74 Å². The van der Waals surface area contributed by atoms with Gasteiger partial charge in [-0.1, -0.05) is 87.5 Å². The van der Waals surface area contributed by atoms with Crippen molar-refractivity contribution < 1.29 is 100.0 Å². The summed E-state index contributed by atoms with van der Waals surface area (Å²) >= 11 is 0. The van der Waals surface area contributed by atoms with Gasteiger partial charge in [-0.05, 0) is 34.2 Å². The number of phosphoric ester groups is 1. The van der Waals surface area contributed by atoms with Crippen LogP contribution in [0.3, 0.4) is 0 Å². The maximum absolute atomic E-state index is 14.5. The fourth-order valence-corrected chi connectivity index (χ4v) is 6.89. The number of hydrazine groups is 1. The van der Waals surface area contributed by atoms with Crippen molar-refractivity contribution in [1.29, 1.82) is 0 Å². The van der Waals surface area contributed by atoms with Gasteiger partial charge < -0.3 is 27.2 Å². The van der Waals surface area contributed by atoms with Gasteiger partial charge in [-0.15, -0.1) is 6.58 Å². The molecule has 52 heavy (non-hydrogen) atoms. The van der Waals surface area contributed by atoms with E-state index in [9.17, 15) is 28.7 Å². The van der Waals surface area contributed by atoms with Crippen molar-refractivity contribution >= 4 is 25.7 Å². The number of rotatable bonds is 11. The first kappa shape index (κ1) is 43.7. The third-order valence-corrected chi connectivity index (χ3v) is 9.16. The number of carbonyl (C=O) groups excluding carboxylic acids is 3. The van der Waals surface area contributed by atoms with Crippen molar-refractivity contribution in [3.8, 4) is 11.5 Å². The number of phosphoric acid groups is 1. The molecule has 0 saturated carbocycles. The molecule has 4 amide bonds. The van der Waals surface area contributed by atoms with Crippen molar-refractivity contribution in [2.45, 2.75) is 57.9 Å². The van der Waals surface area contributed by atoms with Crippen LogP contribution in [0, 0.1) is 0 Å². The molecule has 0 radical (unpaired) electrons. The van der Waals surface area contributed by atoms with Crippen LogP contribution in [0.25, 0.3) is 0 Å². The normalized spacial score (nSPS) is 17.8. The topological polar surface area (TPSA) is 152 Å². The fraction of sp³-hybridized carbons (Fsp3) is 0.361. The van der Waals surface area contributed by atoms with Gasteiger partial charge in [-0.3, -0.25) is 19.4 Å². The van der Waals surface area contributed by atoms with Crippen LogP contribution >= 0.6 is 7.82 Å². The molecule has 2 saturated heterocycles. The summed E-state index contributed by atoms with van der Waals surface area (Å²) in [6.07, 6.45) is 0.838. The number of piperazine rings is 1. The third-order valence-electron chi connectivity index (χ3n) is 8.71. The molecule has 270 valence electrons. The van der Waals surface area contributed by atoms with E-state index < -0.39 is 26.1 Å². The van der Waals surface area contributed by atoms with E-state index in [2.05, 4.69) is 37.2 Å². The van der Waals surface area contributed by atoms with Crippen molar-refractivity contribution in [3.63, 3.8) is 0 Å². The van der Waals surface area contributed by atoms with Crippen LogP contribution in [-0.2, 0) is 39.1 Å². The number of methoxy groups -OCH3 is 1. The van der Waals surface area contributed by atoms with Gasteiger partial charge in [0, 0.05) is 31.6 Å². The Balaban J connectivity index is 0.00000364. The largest absolute Gasteiger partial charge is 1.00 e. The van der Waals surface area contributed by atoms with Gasteiger partial charge in [0.1, 0.15) is 23.7 Å². The number of amides is 4. The number of nitrogens with one attached hydrogen (secondary N) is 1. The van der Waals surface area contributed by atoms with E-state index in [1.165, 1.54) is 22.0 Å². The first-order valence-electron chi connectivity index (χ1n) is 16.3. The number of hydrogen-bond donors (Lipinski definition) is 3. The molecule has 13 nitrogen and oxygen atoms in total. The van der Waals surface area contributed by atoms with Crippen LogP contribution in [0.4, 0.5) is 4.79 Å². The number of carbonyl (C=O) groups is 3. The molecule has 2 aliphatic rings. The van der Waals surface area contributed by atoms with Crippen LogP contribution in [-0.4, -0.2) is 86.4 Å². The summed E-state index contributed by atoms with van der Waals surface area (Å²) < 4.78 is 21.9. The Kier molecular flexibility index (Phi) is 15.6. The zero-order chi connectivity index (χ0) is 36.2. The average molecular weight is 754 g/mol. The minimum atomic E-state index is -4.77. The number of fused-ring (bicyclic) bond motifs is 1. The van der Waals surface area contributed by atoms with E-state index >= 15 is 0 Å². The van der Waals surface area contributed by atoms with E-state index in [0.29, 0.717) is 11.3 Å². The Labute approximate surface area is 352 Å². The predicted molar refractivity (Wildman–Crippen MR) is 189 cm³/mol. The summed E-state index contributed by atoms with van der Waals surface area (Å²) in [5, 5.41) is 6.13. The Bertz CT molecular complexity index is 1780. The Morgan fingerprint density at radius 2 is 1.69 bits per heavy atom. The molecule has 0 bridgehead atoms. The predicted octanol–water partition coefficient (Wildman–Crippen LogP) is -1.57. The molecule has 2 aliphatic heterocycles. The second kappa shape index (κ2) is 18.6. The van der Waals surface area contributed by atoms with Crippen molar-refractivity contribution in [3.05, 3.63) is 108 Å². The van der Waals surface area contributed by atoms with Gasteiger partial charge in [0.2, 0.25) is 11.8 Å². The average Bonchev–Trinajstić information content (AvgIpc) is 3.05. The van der Waals surface area contributed by atoms with Gasteiger partial charge in [-0.2, -0.15) is 0 Å². The molecule has 2 fully saturated rings. The fourth-order valence-electron chi connectivity index (χ4n) is 6.49. The molecule has 3 aromatic carbocycles. The van der Waals surface area contributed by atoms with Crippen LogP contribution < -0.4 is 73.7 Å². The monoisotopic (exact) mass is 753 g/mol. The van der Waals surface area contributed by atoms with Gasteiger partial charge in [0.05, 0.1) is 20.2 Å². The summed E-state index contributed by atoms with van der Waals surface area (Å²) in [6, 6.07) is 19.8. The van der Waals surface area contributed by atoms with Crippen LogP contribution in [0.1, 0.15) is 45.9 Å². The number of nitrogens with zero attached hydrogens (tertiary/aromatic N) is 4. The molecule has 0 unspecified atom stereocenters. The second-order valence-electron chi connectivity index (χ2n) is 13.3. The smallest absolute Gasteiger partial charge is 1.00 e. The van der Waals surface area contributed by atoms with Crippen molar-refractivity contribution in [2.75, 3.05) is 26.7 Å². The number of urea groups is 1. The van der Waals surface area contributed by atoms with Gasteiger partial charge in [0.25, 0.3) is 0 Å². The maximum Gasteiger partial charge on any atom is 1.00 e. The Hall–Kier alpha value is -2.68. The van der Waals surface area contributed by atoms with Crippen LogP contribution in [0.5, 0.6) is 11.5 Å². The summed E-state index contributed by atoms with van der Waals surface area (Å²) in [7, 11) is -3.17. The molecule has 5 rings (SSSR count). The molecule has 3 N–H and O–H groups in total. The molecular weight excluding hydrogens is 707 g/mol. The van der Waals surface area contributed by atoms with E-state index in [1.807, 2.05) is 48.5 Å². The molecular formula is C36H46N5Na2O8P. The Morgan fingerprint density at radius 3 is 2.29 bits per heavy atom. The van der Waals surface area contributed by atoms with E-state index in [0.717, 1.165) is 16.7 Å². The van der Waals surface area contributed by atoms with Gasteiger partial charge in [-0.25, -0.2) is 19.4 Å². The van der Waals surface area contributed by atoms with E-state index in [1.54, 1.807) is 35.2 Å². The Morgan fingerprint density at radius 1 is 1.02 bits per heavy atom. The van der Waals surface area contributed by atoms with Crippen molar-refractivity contribution in [1.82, 2.24) is 25.1 Å². The SMILES string of the molecule is C=CCN1CC(=O)N2[C@@H](Cc3ccc(OP(=O)(O)O)cc3)C(=O)N(Cc3cccc(C(C)(C)C)c3OC)C[C@@H]2N1C(=O)NCc1ccccc1.[H-].[H-].[Na+].[Na+]. The summed E-state index contributed by atoms with van der Waals surface area (Å²) in [5.41, 5.74) is 3.04. The van der Waals surface area contributed by atoms with Gasteiger partial charge >= 0.3 is 73.0 Å². The zero-order valence-electron chi connectivity index (χ0n) is 32.7. The number of para-hydroxylation sites is 1. The molecule has 0 spiro atoms. The van der Waals surface area contributed by atoms with E-state index in [-0.39, 0.29) is 124 Å². The summed E-state index contributed by atoms with van der Waals surface area (Å²) in [4.78, 5) is 64.0. The summed E-state index contributed by atoms with van der Waals surface area (Å²) in [5.74, 6) is -0.0125. The first-order valence-corrected chi connectivity index (χ1v) is 17.8. The third kappa shape index (κ3) is 10.5. The number of ether oxygens (including phenoxy) is 1. The number of hydrogen-bond acceptors (Lipinski definition) is 7. The molecule has 0 aromatic heterocycles. The molecule has 0 aliphatic carbocycles. The molecule has 2 heterocycles. The summed E-state index contributed by atoms with van der Waals surface area (Å²) in [6.45, 7) is 10.6. The molecule has 2 atom stereocenters.